The molecule has 1 N–H and O–H groups in total. The highest BCUT2D eigenvalue weighted by atomic mass is 19.4. The Morgan fingerprint density at radius 2 is 1.92 bits per heavy atom. The van der Waals surface area contributed by atoms with Crippen molar-refractivity contribution in [2.75, 3.05) is 6.61 Å². The lowest BCUT2D eigenvalue weighted by molar-refractivity contribution is -0.277. The highest BCUT2D eigenvalue weighted by Gasteiger charge is 2.51. The van der Waals surface area contributed by atoms with E-state index in [1.54, 1.807) is 49.6 Å². The highest BCUT2D eigenvalue weighted by Crippen LogP contribution is 2.46. The Labute approximate surface area is 204 Å². The third-order valence-electron chi connectivity index (χ3n) is 6.58. The summed E-state index contributed by atoms with van der Waals surface area (Å²) in [6.07, 6.45) is -2.73. The van der Waals surface area contributed by atoms with Gasteiger partial charge in [-0.15, -0.1) is 0 Å². The molecule has 2 aromatic heterocycles. The molecule has 0 aliphatic carbocycles. The van der Waals surface area contributed by atoms with Gasteiger partial charge in [-0.3, -0.25) is 9.97 Å². The first kappa shape index (κ1) is 24.0. The molecule has 3 heterocycles. The number of rotatable bonds is 5. The number of pyridine rings is 2. The lowest BCUT2D eigenvalue weighted by atomic mass is 9.86. The maximum Gasteiger partial charge on any atom is 0.416 e. The Morgan fingerprint density at radius 1 is 1.14 bits per heavy atom. The molecule has 1 aliphatic heterocycles. The second-order valence-corrected chi connectivity index (χ2v) is 9.30. The maximum atomic E-state index is 13.7. The van der Waals surface area contributed by atoms with E-state index in [1.807, 2.05) is 6.07 Å². The fourth-order valence-electron chi connectivity index (χ4n) is 4.69. The Balaban J connectivity index is 1.86. The molecule has 0 saturated heterocycles. The van der Waals surface area contributed by atoms with E-state index in [0.29, 0.717) is 51.9 Å². The predicted octanol–water partition coefficient (Wildman–Crippen LogP) is 6.18. The third kappa shape index (κ3) is 3.83. The molecule has 1 aliphatic rings. The minimum absolute atomic E-state index is 0.125. The number of carbonyl (C=O) groups is 1. The lowest BCUT2D eigenvalue weighted by Gasteiger charge is -2.32. The normalized spacial score (nSPS) is 14.6. The number of hydrogen-bond donors (Lipinski definition) is 1. The quantitative estimate of drug-likeness (QED) is 0.356. The number of alkyl halides is 3. The zero-order chi connectivity index (χ0) is 25.8. The van der Waals surface area contributed by atoms with Gasteiger partial charge in [0.2, 0.25) is 0 Å². The van der Waals surface area contributed by atoms with Crippen molar-refractivity contribution in [2.45, 2.75) is 45.1 Å². The van der Waals surface area contributed by atoms with Crippen molar-refractivity contribution in [3.05, 3.63) is 65.5 Å². The molecular weight excluding hydrogens is 473 g/mol. The summed E-state index contributed by atoms with van der Waals surface area (Å²) < 4.78 is 52.4. The number of aliphatic carboxylic acids is 1. The van der Waals surface area contributed by atoms with Crippen LogP contribution in [0.4, 0.5) is 13.2 Å². The molecule has 186 valence electrons. The molecule has 0 bridgehead atoms. The third-order valence-corrected chi connectivity index (χ3v) is 6.58. The van der Waals surface area contributed by atoms with Crippen LogP contribution in [0, 0.1) is 6.92 Å². The fraction of sp³-hybridized carbons (Fsp3) is 0.296. The zero-order valence-electron chi connectivity index (χ0n) is 19.8. The van der Waals surface area contributed by atoms with E-state index in [9.17, 15) is 23.1 Å². The molecule has 4 aromatic rings. The first-order valence-electron chi connectivity index (χ1n) is 11.4. The van der Waals surface area contributed by atoms with Gasteiger partial charge in [-0.05, 0) is 67.8 Å². The number of aromatic nitrogens is 2. The fourth-order valence-corrected chi connectivity index (χ4v) is 4.69. The maximum absolute atomic E-state index is 13.7. The molecule has 0 saturated carbocycles. The van der Waals surface area contributed by atoms with E-state index in [1.165, 1.54) is 0 Å². The molecule has 0 amide bonds. The average molecular weight is 496 g/mol. The van der Waals surface area contributed by atoms with Crippen LogP contribution in [0.25, 0.3) is 32.9 Å². The number of nitrogens with zero attached hydrogens (tertiary/aromatic N) is 2. The molecular formula is C27H23F3N2O4. The SMILES string of the molecule is Cc1cc2ncccc2c(-c2ccc3c4c(ccnc24)CCO3)c1[C@H](OC(C)(C)C(F)(F)F)C(=O)O. The summed E-state index contributed by atoms with van der Waals surface area (Å²) >= 11 is 0. The van der Waals surface area contributed by atoms with Crippen LogP contribution in [0.3, 0.4) is 0 Å². The van der Waals surface area contributed by atoms with Crippen LogP contribution in [0.5, 0.6) is 5.75 Å². The molecule has 6 nitrogen and oxygen atoms in total. The second-order valence-electron chi connectivity index (χ2n) is 9.30. The number of hydrogen-bond acceptors (Lipinski definition) is 5. The van der Waals surface area contributed by atoms with Gasteiger partial charge in [0.25, 0.3) is 0 Å². The Hall–Kier alpha value is -3.72. The van der Waals surface area contributed by atoms with Crippen molar-refractivity contribution in [3.8, 4) is 16.9 Å². The Bertz CT molecular complexity index is 1500. The van der Waals surface area contributed by atoms with E-state index >= 15 is 0 Å². The van der Waals surface area contributed by atoms with Gasteiger partial charge in [0.1, 0.15) is 5.75 Å². The summed E-state index contributed by atoms with van der Waals surface area (Å²) in [7, 11) is 0. The zero-order valence-corrected chi connectivity index (χ0v) is 19.8. The van der Waals surface area contributed by atoms with Crippen LogP contribution in [-0.4, -0.2) is 39.4 Å². The highest BCUT2D eigenvalue weighted by molar-refractivity contribution is 6.08. The van der Waals surface area contributed by atoms with Crippen LogP contribution in [0.1, 0.15) is 36.6 Å². The average Bonchev–Trinajstić information content (AvgIpc) is 2.82. The minimum Gasteiger partial charge on any atom is -0.493 e. The van der Waals surface area contributed by atoms with Crippen molar-refractivity contribution in [1.82, 2.24) is 9.97 Å². The van der Waals surface area contributed by atoms with Crippen LogP contribution in [-0.2, 0) is 16.0 Å². The molecule has 1 atom stereocenters. The smallest absolute Gasteiger partial charge is 0.416 e. The molecule has 2 aromatic carbocycles. The number of fused-ring (bicyclic) bond motifs is 1. The predicted molar refractivity (Wildman–Crippen MR) is 128 cm³/mol. The topological polar surface area (TPSA) is 81.5 Å². The van der Waals surface area contributed by atoms with Gasteiger partial charge in [0, 0.05) is 40.7 Å². The van der Waals surface area contributed by atoms with Gasteiger partial charge < -0.3 is 14.6 Å². The van der Waals surface area contributed by atoms with Crippen molar-refractivity contribution in [2.24, 2.45) is 0 Å². The first-order chi connectivity index (χ1) is 17.0. The Morgan fingerprint density at radius 3 is 2.64 bits per heavy atom. The van der Waals surface area contributed by atoms with E-state index in [-0.39, 0.29) is 5.56 Å². The van der Waals surface area contributed by atoms with Crippen LogP contribution < -0.4 is 4.74 Å². The monoisotopic (exact) mass is 496 g/mol. The number of ether oxygens (including phenoxy) is 2. The van der Waals surface area contributed by atoms with E-state index in [2.05, 4.69) is 9.97 Å². The molecule has 0 radical (unpaired) electrons. The standard InChI is InChI=1S/C27H23F3N2O4/c1-14-13-18-16(5-4-10-31-18)22(20(14)24(25(33)34)36-26(2,3)27(28,29)30)17-6-7-19-21-15(9-12-35-19)8-11-32-23(17)21/h4-8,10-11,13,24H,9,12H2,1-3H3,(H,33,34)/t24-/m0/s1. The van der Waals surface area contributed by atoms with Gasteiger partial charge in [-0.2, -0.15) is 13.2 Å². The largest absolute Gasteiger partial charge is 0.493 e. The summed E-state index contributed by atoms with van der Waals surface area (Å²) in [5, 5.41) is 11.5. The summed E-state index contributed by atoms with van der Waals surface area (Å²) in [5.41, 5.74) is 1.02. The molecule has 0 unspecified atom stereocenters. The number of carboxylic acid groups (broad SMARTS) is 1. The number of benzene rings is 2. The second kappa shape index (κ2) is 8.44. The summed E-state index contributed by atoms with van der Waals surface area (Å²) in [4.78, 5) is 21.5. The van der Waals surface area contributed by atoms with Crippen molar-refractivity contribution >= 4 is 27.8 Å². The number of halogens is 3. The lowest BCUT2D eigenvalue weighted by Crippen LogP contribution is -2.44. The minimum atomic E-state index is -4.79. The molecule has 36 heavy (non-hydrogen) atoms. The summed E-state index contributed by atoms with van der Waals surface area (Å²) in [6.45, 7) is 3.81. The summed E-state index contributed by atoms with van der Waals surface area (Å²) in [5.74, 6) is -0.872. The van der Waals surface area contributed by atoms with Gasteiger partial charge in [0.15, 0.2) is 11.7 Å². The summed E-state index contributed by atoms with van der Waals surface area (Å²) in [6, 6.07) is 10.6. The first-order valence-corrected chi connectivity index (χ1v) is 11.4. The van der Waals surface area contributed by atoms with Gasteiger partial charge in [-0.1, -0.05) is 6.07 Å². The van der Waals surface area contributed by atoms with Gasteiger partial charge in [0.05, 0.1) is 17.6 Å². The molecule has 9 heteroatoms. The van der Waals surface area contributed by atoms with Crippen molar-refractivity contribution in [1.29, 1.82) is 0 Å². The van der Waals surface area contributed by atoms with E-state index < -0.39 is 23.9 Å². The van der Waals surface area contributed by atoms with Crippen LogP contribution in [0.15, 0.2) is 48.8 Å². The van der Waals surface area contributed by atoms with E-state index in [0.717, 1.165) is 24.8 Å². The number of aryl methyl sites for hydroxylation is 1. The Kier molecular flexibility index (Phi) is 5.63. The van der Waals surface area contributed by atoms with Crippen LogP contribution in [0.2, 0.25) is 0 Å². The molecule has 0 spiro atoms. The molecule has 5 rings (SSSR count). The van der Waals surface area contributed by atoms with Gasteiger partial charge in [-0.25, -0.2) is 4.79 Å². The van der Waals surface area contributed by atoms with Crippen LogP contribution >= 0.6 is 0 Å². The van der Waals surface area contributed by atoms with E-state index in [4.69, 9.17) is 9.47 Å². The molecule has 0 fully saturated rings. The number of carboxylic acids is 1. The van der Waals surface area contributed by atoms with Gasteiger partial charge >= 0.3 is 12.1 Å². The van der Waals surface area contributed by atoms with Crippen molar-refractivity contribution in [3.63, 3.8) is 0 Å². The van der Waals surface area contributed by atoms with Crippen molar-refractivity contribution < 1.29 is 32.5 Å².